The van der Waals surface area contributed by atoms with Gasteiger partial charge >= 0.3 is 0 Å². The fourth-order valence-corrected chi connectivity index (χ4v) is 2.64. The van der Waals surface area contributed by atoms with E-state index in [0.717, 1.165) is 18.9 Å². The van der Waals surface area contributed by atoms with Crippen LogP contribution < -0.4 is 11.1 Å². The topological polar surface area (TPSA) is 75.3 Å². The van der Waals surface area contributed by atoms with E-state index in [9.17, 15) is 9.18 Å². The highest BCUT2D eigenvalue weighted by molar-refractivity contribution is 7.80. The van der Waals surface area contributed by atoms with E-state index in [2.05, 4.69) is 5.32 Å². The van der Waals surface area contributed by atoms with Gasteiger partial charge in [-0.05, 0) is 25.0 Å². The number of phenols is 1. The Balaban J connectivity index is 2.22. The van der Waals surface area contributed by atoms with Crippen LogP contribution in [0, 0.1) is 5.82 Å². The lowest BCUT2D eigenvalue weighted by atomic mass is 9.97. The van der Waals surface area contributed by atoms with Gasteiger partial charge < -0.3 is 16.2 Å². The van der Waals surface area contributed by atoms with Gasteiger partial charge in [0, 0.05) is 6.07 Å². The molecule has 0 saturated heterocycles. The van der Waals surface area contributed by atoms with Crippen LogP contribution in [-0.4, -0.2) is 21.5 Å². The van der Waals surface area contributed by atoms with Crippen molar-refractivity contribution in [2.24, 2.45) is 5.73 Å². The minimum Gasteiger partial charge on any atom is -0.508 e. The molecular weight excluding hydrogens is 267 g/mol. The zero-order chi connectivity index (χ0) is 14.0. The molecule has 1 aromatic rings. The number of carbonyl (C=O) groups is 1. The minimum absolute atomic E-state index is 0.125. The molecule has 4 N–H and O–H groups in total. The van der Waals surface area contributed by atoms with Crippen molar-refractivity contribution in [1.82, 2.24) is 5.32 Å². The fourth-order valence-electron chi connectivity index (χ4n) is 2.38. The predicted molar refractivity (Wildman–Crippen MR) is 73.5 cm³/mol. The average molecular weight is 282 g/mol. The lowest BCUT2D eigenvalue weighted by Gasteiger charge is -2.29. The van der Waals surface area contributed by atoms with Crippen molar-refractivity contribution in [2.75, 3.05) is 0 Å². The zero-order valence-electron chi connectivity index (χ0n) is 10.3. The number of benzene rings is 1. The van der Waals surface area contributed by atoms with Crippen LogP contribution in [0.25, 0.3) is 0 Å². The summed E-state index contributed by atoms with van der Waals surface area (Å²) >= 11 is 5.02. The van der Waals surface area contributed by atoms with E-state index >= 15 is 0 Å². The smallest absolute Gasteiger partial charge is 0.255 e. The van der Waals surface area contributed by atoms with Gasteiger partial charge in [-0.2, -0.15) is 0 Å². The highest BCUT2D eigenvalue weighted by Crippen LogP contribution is 2.30. The number of hydrogen-bond donors (Lipinski definition) is 3. The van der Waals surface area contributed by atoms with Crippen LogP contribution in [0.4, 0.5) is 4.39 Å². The Morgan fingerprint density at radius 1 is 1.42 bits per heavy atom. The Labute approximate surface area is 115 Å². The molecule has 1 fully saturated rings. The van der Waals surface area contributed by atoms with Crippen LogP contribution in [0.5, 0.6) is 5.75 Å². The number of nitrogens with one attached hydrogen (secondary N) is 1. The molecule has 1 aromatic carbocycles. The van der Waals surface area contributed by atoms with Gasteiger partial charge in [-0.3, -0.25) is 4.79 Å². The first-order valence-corrected chi connectivity index (χ1v) is 6.46. The van der Waals surface area contributed by atoms with E-state index in [4.69, 9.17) is 23.1 Å². The maximum absolute atomic E-state index is 13.6. The van der Waals surface area contributed by atoms with Crippen LogP contribution >= 0.6 is 12.2 Å². The van der Waals surface area contributed by atoms with Gasteiger partial charge in [0.05, 0.1) is 16.1 Å². The number of rotatable bonds is 3. The molecule has 0 unspecified atom stereocenters. The molecule has 0 heterocycles. The van der Waals surface area contributed by atoms with Gasteiger partial charge in [0.25, 0.3) is 5.91 Å². The number of aromatic hydroxyl groups is 1. The third kappa shape index (κ3) is 2.68. The Morgan fingerprint density at radius 3 is 2.58 bits per heavy atom. The number of nitrogens with two attached hydrogens (primary N) is 1. The molecule has 1 aliphatic carbocycles. The molecule has 1 saturated carbocycles. The third-order valence-corrected chi connectivity index (χ3v) is 3.87. The summed E-state index contributed by atoms with van der Waals surface area (Å²) in [5.74, 6) is -1.56. The largest absolute Gasteiger partial charge is 0.508 e. The van der Waals surface area contributed by atoms with Gasteiger partial charge in [-0.25, -0.2) is 4.39 Å². The molecule has 0 atom stereocenters. The zero-order valence-corrected chi connectivity index (χ0v) is 11.1. The SMILES string of the molecule is NC(=S)C1(NC(=O)c2ccc(O)cc2F)CCCC1. The molecule has 19 heavy (non-hydrogen) atoms. The molecule has 0 aromatic heterocycles. The van der Waals surface area contributed by atoms with E-state index in [1.165, 1.54) is 12.1 Å². The lowest BCUT2D eigenvalue weighted by molar-refractivity contribution is 0.0920. The van der Waals surface area contributed by atoms with Crippen molar-refractivity contribution in [3.05, 3.63) is 29.6 Å². The average Bonchev–Trinajstić information content (AvgIpc) is 2.78. The van der Waals surface area contributed by atoms with Crippen molar-refractivity contribution in [1.29, 1.82) is 0 Å². The first kappa shape index (κ1) is 13.7. The highest BCUT2D eigenvalue weighted by Gasteiger charge is 2.38. The molecule has 102 valence electrons. The maximum Gasteiger partial charge on any atom is 0.255 e. The Bertz CT molecular complexity index is 527. The van der Waals surface area contributed by atoms with E-state index in [1.54, 1.807) is 0 Å². The van der Waals surface area contributed by atoms with Gasteiger partial charge in [-0.15, -0.1) is 0 Å². The van der Waals surface area contributed by atoms with Gasteiger partial charge in [-0.1, -0.05) is 25.1 Å². The number of phenolic OH excluding ortho intramolecular Hbond substituents is 1. The highest BCUT2D eigenvalue weighted by atomic mass is 32.1. The van der Waals surface area contributed by atoms with Crippen molar-refractivity contribution in [3.8, 4) is 5.75 Å². The summed E-state index contributed by atoms with van der Waals surface area (Å²) in [6.45, 7) is 0. The number of amides is 1. The second kappa shape index (κ2) is 5.13. The Morgan fingerprint density at radius 2 is 2.05 bits per heavy atom. The predicted octanol–water partition coefficient (Wildman–Crippen LogP) is 1.86. The summed E-state index contributed by atoms with van der Waals surface area (Å²) < 4.78 is 13.6. The number of halogens is 1. The van der Waals surface area contributed by atoms with Gasteiger partial charge in [0.15, 0.2) is 0 Å². The quantitative estimate of drug-likeness (QED) is 0.740. The molecule has 2 rings (SSSR count). The second-order valence-electron chi connectivity index (χ2n) is 4.77. The van der Waals surface area contributed by atoms with Crippen LogP contribution in [0.3, 0.4) is 0 Å². The Kier molecular flexibility index (Phi) is 3.71. The van der Waals surface area contributed by atoms with E-state index in [-0.39, 0.29) is 16.3 Å². The van der Waals surface area contributed by atoms with Crippen LogP contribution in [0.2, 0.25) is 0 Å². The summed E-state index contributed by atoms with van der Waals surface area (Å²) in [6.07, 6.45) is 3.20. The first-order valence-electron chi connectivity index (χ1n) is 6.05. The van der Waals surface area contributed by atoms with Gasteiger partial charge in [0.2, 0.25) is 0 Å². The maximum atomic E-state index is 13.6. The van der Waals surface area contributed by atoms with E-state index in [1.807, 2.05) is 0 Å². The van der Waals surface area contributed by atoms with E-state index < -0.39 is 17.3 Å². The summed E-state index contributed by atoms with van der Waals surface area (Å²) in [6, 6.07) is 3.40. The van der Waals surface area contributed by atoms with Gasteiger partial charge in [0.1, 0.15) is 11.6 Å². The standard InChI is InChI=1S/C13H15FN2O2S/c14-10-7-8(17)3-4-9(10)11(18)16-13(12(15)19)5-1-2-6-13/h3-4,7,17H,1-2,5-6H2,(H2,15,19)(H,16,18). The monoisotopic (exact) mass is 282 g/mol. The summed E-state index contributed by atoms with van der Waals surface area (Å²) in [7, 11) is 0. The molecule has 6 heteroatoms. The molecular formula is C13H15FN2O2S. The first-order chi connectivity index (χ1) is 8.94. The minimum atomic E-state index is -0.770. The Hall–Kier alpha value is -1.69. The summed E-state index contributed by atoms with van der Waals surface area (Å²) in [5.41, 5.74) is 4.87. The molecule has 1 amide bonds. The lowest BCUT2D eigenvalue weighted by Crippen LogP contribution is -2.54. The fraction of sp³-hybridized carbons (Fsp3) is 0.385. The molecule has 0 spiro atoms. The number of carbonyl (C=O) groups excluding carboxylic acids is 1. The summed E-state index contributed by atoms with van der Waals surface area (Å²) in [5, 5.41) is 11.9. The van der Waals surface area contributed by atoms with E-state index in [0.29, 0.717) is 12.8 Å². The van der Waals surface area contributed by atoms with Crippen LogP contribution in [0.15, 0.2) is 18.2 Å². The molecule has 0 bridgehead atoms. The van der Waals surface area contributed by atoms with Crippen LogP contribution in [-0.2, 0) is 0 Å². The molecule has 4 nitrogen and oxygen atoms in total. The number of thiocarbonyl (C=S) groups is 1. The van der Waals surface area contributed by atoms with Crippen LogP contribution in [0.1, 0.15) is 36.0 Å². The third-order valence-electron chi connectivity index (χ3n) is 3.48. The second-order valence-corrected chi connectivity index (χ2v) is 5.21. The normalized spacial score (nSPS) is 17.1. The number of hydrogen-bond acceptors (Lipinski definition) is 3. The molecule has 0 radical (unpaired) electrons. The van der Waals surface area contributed by atoms with Crippen molar-refractivity contribution in [3.63, 3.8) is 0 Å². The van der Waals surface area contributed by atoms with Crippen molar-refractivity contribution < 1.29 is 14.3 Å². The molecule has 0 aliphatic heterocycles. The van der Waals surface area contributed by atoms with Crippen molar-refractivity contribution >= 4 is 23.1 Å². The molecule has 1 aliphatic rings. The van der Waals surface area contributed by atoms with Crippen molar-refractivity contribution in [2.45, 2.75) is 31.2 Å². The summed E-state index contributed by atoms with van der Waals surface area (Å²) in [4.78, 5) is 12.3.